The molecule has 4 aliphatic carbocycles. The highest BCUT2D eigenvalue weighted by atomic mass is 16.5. The first-order valence-corrected chi connectivity index (χ1v) is 14.8. The van der Waals surface area contributed by atoms with E-state index in [4.69, 9.17) is 4.74 Å². The summed E-state index contributed by atoms with van der Waals surface area (Å²) in [6.45, 7) is 16.9. The van der Waals surface area contributed by atoms with Gasteiger partial charge in [0.05, 0.1) is 24.4 Å². The molecule has 0 amide bonds. The highest BCUT2D eigenvalue weighted by molar-refractivity contribution is 5.15. The molecule has 0 aliphatic heterocycles. The molecule has 3 heteroatoms. The predicted octanol–water partition coefficient (Wildman–Crippen LogP) is 7.24. The summed E-state index contributed by atoms with van der Waals surface area (Å²) in [6.07, 6.45) is 14.2. The molecule has 0 spiro atoms. The molecular formula is C31H56O3. The Morgan fingerprint density at radius 3 is 2.26 bits per heavy atom. The maximum atomic E-state index is 11.7. The van der Waals surface area contributed by atoms with Crippen LogP contribution in [0, 0.1) is 52.3 Å². The second-order valence-electron chi connectivity index (χ2n) is 14.6. The molecule has 0 aromatic carbocycles. The normalized spacial score (nSPS) is 49.4. The van der Waals surface area contributed by atoms with Gasteiger partial charge in [0, 0.05) is 0 Å². The van der Waals surface area contributed by atoms with E-state index in [9.17, 15) is 10.2 Å². The first kappa shape index (κ1) is 26.9. The van der Waals surface area contributed by atoms with Crippen molar-refractivity contribution in [2.45, 2.75) is 130 Å². The number of ether oxygens (including phenoxy) is 1. The lowest BCUT2D eigenvalue weighted by Crippen LogP contribution is -2.65. The molecule has 2 N–H and O–H groups in total. The molecule has 4 fully saturated rings. The molecule has 0 aromatic rings. The van der Waals surface area contributed by atoms with Crippen LogP contribution in [-0.2, 0) is 4.74 Å². The van der Waals surface area contributed by atoms with E-state index in [0.29, 0.717) is 17.9 Å². The van der Waals surface area contributed by atoms with Crippen LogP contribution >= 0.6 is 0 Å². The van der Waals surface area contributed by atoms with Gasteiger partial charge in [0.2, 0.25) is 0 Å². The van der Waals surface area contributed by atoms with Crippen LogP contribution in [0.1, 0.15) is 119 Å². The first-order chi connectivity index (χ1) is 15.9. The fourth-order valence-electron chi connectivity index (χ4n) is 10.3. The fraction of sp³-hybridized carbons (Fsp3) is 1.00. The third kappa shape index (κ3) is 4.43. The summed E-state index contributed by atoms with van der Waals surface area (Å²) in [5.74, 6) is 5.67. The number of hydrogen-bond donors (Lipinski definition) is 2. The van der Waals surface area contributed by atoms with Crippen molar-refractivity contribution in [3.05, 3.63) is 0 Å². The lowest BCUT2D eigenvalue weighted by Gasteiger charge is -2.65. The van der Waals surface area contributed by atoms with Crippen LogP contribution in [0.15, 0.2) is 0 Å². The highest BCUT2D eigenvalue weighted by Crippen LogP contribution is 2.70. The van der Waals surface area contributed by atoms with Crippen molar-refractivity contribution in [1.29, 1.82) is 0 Å². The molecule has 4 aliphatic rings. The van der Waals surface area contributed by atoms with Gasteiger partial charge in [0.25, 0.3) is 0 Å². The Morgan fingerprint density at radius 2 is 1.59 bits per heavy atom. The van der Waals surface area contributed by atoms with Crippen molar-refractivity contribution < 1.29 is 14.9 Å². The van der Waals surface area contributed by atoms with Crippen molar-refractivity contribution in [3.8, 4) is 0 Å². The van der Waals surface area contributed by atoms with Crippen LogP contribution in [-0.4, -0.2) is 34.6 Å². The van der Waals surface area contributed by atoms with Crippen LogP contribution in [0.4, 0.5) is 0 Å². The Balaban J connectivity index is 1.50. The van der Waals surface area contributed by atoms with Gasteiger partial charge in [-0.15, -0.1) is 0 Å². The van der Waals surface area contributed by atoms with E-state index in [-0.39, 0.29) is 12.0 Å². The fourth-order valence-corrected chi connectivity index (χ4v) is 10.3. The smallest absolute Gasteiger partial charge is 0.0941 e. The number of hydrogen-bond acceptors (Lipinski definition) is 3. The summed E-state index contributed by atoms with van der Waals surface area (Å²) in [5.41, 5.74) is -0.673. The van der Waals surface area contributed by atoms with E-state index >= 15 is 0 Å². The van der Waals surface area contributed by atoms with Crippen LogP contribution in [0.3, 0.4) is 0 Å². The molecule has 3 nitrogen and oxygen atoms in total. The first-order valence-electron chi connectivity index (χ1n) is 14.8. The van der Waals surface area contributed by atoms with Gasteiger partial charge in [-0.05, 0) is 117 Å². The van der Waals surface area contributed by atoms with Gasteiger partial charge >= 0.3 is 0 Å². The summed E-state index contributed by atoms with van der Waals surface area (Å²) >= 11 is 0. The van der Waals surface area contributed by atoms with E-state index in [1.807, 2.05) is 6.92 Å². The second-order valence-corrected chi connectivity index (χ2v) is 14.6. The van der Waals surface area contributed by atoms with E-state index in [2.05, 4.69) is 41.5 Å². The van der Waals surface area contributed by atoms with E-state index in [1.165, 1.54) is 57.8 Å². The minimum Gasteiger partial charge on any atom is -0.394 e. The van der Waals surface area contributed by atoms with Gasteiger partial charge in [-0.2, -0.15) is 0 Å². The molecule has 0 saturated heterocycles. The van der Waals surface area contributed by atoms with Gasteiger partial charge in [0.1, 0.15) is 0 Å². The van der Waals surface area contributed by atoms with Gasteiger partial charge in [0.15, 0.2) is 0 Å². The van der Waals surface area contributed by atoms with E-state index < -0.39 is 11.2 Å². The van der Waals surface area contributed by atoms with Gasteiger partial charge in [-0.25, -0.2) is 0 Å². The summed E-state index contributed by atoms with van der Waals surface area (Å²) in [7, 11) is 0. The molecule has 4 saturated carbocycles. The van der Waals surface area contributed by atoms with Gasteiger partial charge < -0.3 is 14.9 Å². The number of aliphatic hydroxyl groups is 2. The van der Waals surface area contributed by atoms with Crippen LogP contribution < -0.4 is 0 Å². The third-order valence-corrected chi connectivity index (χ3v) is 12.3. The molecular weight excluding hydrogens is 420 g/mol. The van der Waals surface area contributed by atoms with Crippen LogP contribution in [0.5, 0.6) is 0 Å². The summed E-state index contributed by atoms with van der Waals surface area (Å²) < 4.78 is 6.14. The standard InChI is InChI=1S/C31H56O3/c1-21(2)9-8-10-22(3)25-13-14-26-24-12-11-23-19-31(7,34-18-17-32)30(6,33)20-29(23,5)27(24)15-16-28(25,26)4/h21-27,32-33H,8-20H2,1-7H3/t22-,23+,24+,25-,26+,27+,28-,29+,30-,31+/m1/s1. The maximum Gasteiger partial charge on any atom is 0.0941 e. The molecule has 10 atom stereocenters. The average molecular weight is 477 g/mol. The number of aliphatic hydroxyl groups excluding tert-OH is 1. The molecule has 198 valence electrons. The predicted molar refractivity (Wildman–Crippen MR) is 141 cm³/mol. The van der Waals surface area contributed by atoms with E-state index in [0.717, 1.165) is 48.3 Å². The zero-order valence-electron chi connectivity index (χ0n) is 23.5. The number of rotatable bonds is 8. The largest absolute Gasteiger partial charge is 0.394 e. The Kier molecular flexibility index (Phi) is 7.63. The van der Waals surface area contributed by atoms with Crippen LogP contribution in [0.25, 0.3) is 0 Å². The van der Waals surface area contributed by atoms with Crippen molar-refractivity contribution >= 4 is 0 Å². The Bertz CT molecular complexity index is 703. The second kappa shape index (κ2) is 9.64. The highest BCUT2D eigenvalue weighted by Gasteiger charge is 2.65. The topological polar surface area (TPSA) is 49.7 Å². The molecule has 0 aromatic heterocycles. The van der Waals surface area contributed by atoms with E-state index in [1.54, 1.807) is 0 Å². The zero-order valence-corrected chi connectivity index (χ0v) is 23.5. The van der Waals surface area contributed by atoms with Crippen molar-refractivity contribution in [1.82, 2.24) is 0 Å². The summed E-state index contributed by atoms with van der Waals surface area (Å²) in [5, 5.41) is 21.0. The Labute approximate surface area is 210 Å². The maximum absolute atomic E-state index is 11.7. The molecule has 0 unspecified atom stereocenters. The molecule has 0 heterocycles. The monoisotopic (exact) mass is 476 g/mol. The number of fused-ring (bicyclic) bond motifs is 5. The van der Waals surface area contributed by atoms with Crippen molar-refractivity contribution in [2.75, 3.05) is 13.2 Å². The van der Waals surface area contributed by atoms with Crippen molar-refractivity contribution in [3.63, 3.8) is 0 Å². The summed E-state index contributed by atoms with van der Waals surface area (Å²) in [6, 6.07) is 0. The lowest BCUT2D eigenvalue weighted by atomic mass is 9.42. The SMILES string of the molecule is CC(C)CCC[C@@H](C)[C@H]1CC[C@H]2[C@@H]3CC[C@H]4C[C@](C)(OCCO)[C@](C)(O)C[C@]4(C)[C@H]3CC[C@]12C. The third-order valence-electron chi connectivity index (χ3n) is 12.3. The van der Waals surface area contributed by atoms with Crippen LogP contribution in [0.2, 0.25) is 0 Å². The van der Waals surface area contributed by atoms with Gasteiger partial charge in [-0.1, -0.05) is 53.9 Å². The molecule has 4 rings (SSSR count). The quantitative estimate of drug-likeness (QED) is 0.388. The minimum absolute atomic E-state index is 0.0234. The average Bonchev–Trinajstić information content (AvgIpc) is 3.10. The minimum atomic E-state index is -0.848. The van der Waals surface area contributed by atoms with Crippen molar-refractivity contribution in [2.24, 2.45) is 52.3 Å². The Morgan fingerprint density at radius 1 is 0.882 bits per heavy atom. The molecule has 0 radical (unpaired) electrons. The molecule has 0 bridgehead atoms. The molecule has 34 heavy (non-hydrogen) atoms. The Hall–Kier alpha value is -0.120. The van der Waals surface area contributed by atoms with Gasteiger partial charge in [-0.3, -0.25) is 0 Å². The summed E-state index contributed by atoms with van der Waals surface area (Å²) in [4.78, 5) is 0. The zero-order chi connectivity index (χ0) is 24.9. The lowest BCUT2D eigenvalue weighted by molar-refractivity contribution is -0.250.